The van der Waals surface area contributed by atoms with Gasteiger partial charge >= 0.3 is 0 Å². The van der Waals surface area contributed by atoms with Crippen molar-refractivity contribution in [3.63, 3.8) is 0 Å². The van der Waals surface area contributed by atoms with Crippen molar-refractivity contribution in [1.82, 2.24) is 0 Å². The van der Waals surface area contributed by atoms with Gasteiger partial charge in [-0.25, -0.2) is 0 Å². The molecule has 0 aromatic heterocycles. The highest BCUT2D eigenvalue weighted by molar-refractivity contribution is 6.32. The molecule has 1 aromatic carbocycles. The molecule has 0 amide bonds. The molecule has 0 unspecified atom stereocenters. The maximum atomic E-state index is 10.3. The minimum absolute atomic E-state index is 0.0442. The van der Waals surface area contributed by atoms with Crippen LogP contribution in [0.15, 0.2) is 18.2 Å². The fourth-order valence-electron chi connectivity index (χ4n) is 0.760. The number of nitro benzene ring substituents is 1. The molecule has 0 saturated heterocycles. The van der Waals surface area contributed by atoms with Crippen LogP contribution >= 0.6 is 11.6 Å². The quantitative estimate of drug-likeness (QED) is 0.482. The molecule has 0 radical (unpaired) electrons. The first kappa shape index (κ1) is 8.01. The third kappa shape index (κ3) is 1.68. The Morgan fingerprint density at radius 2 is 2.18 bits per heavy atom. The molecule has 3 nitrogen and oxygen atoms in total. The summed E-state index contributed by atoms with van der Waals surface area (Å²) in [5.41, 5.74) is 0.873. The highest BCUT2D eigenvalue weighted by Crippen LogP contribution is 2.24. The average molecular weight is 172 g/mol. The average Bonchev–Trinajstić information content (AvgIpc) is 1.85. The molecule has 0 atom stereocenters. The second-order valence-corrected chi connectivity index (χ2v) is 2.62. The number of aryl methyl sites for hydroxylation is 1. The molecule has 0 heterocycles. The summed E-state index contributed by atoms with van der Waals surface area (Å²) in [7, 11) is 0. The monoisotopic (exact) mass is 171 g/mol. The van der Waals surface area contributed by atoms with E-state index in [0.29, 0.717) is 0 Å². The summed E-state index contributed by atoms with van der Waals surface area (Å²) in [6, 6.07) is 4.63. The molecule has 1 rings (SSSR count). The van der Waals surface area contributed by atoms with Crippen molar-refractivity contribution in [2.24, 2.45) is 0 Å². The van der Waals surface area contributed by atoms with Gasteiger partial charge in [-0.1, -0.05) is 17.7 Å². The standard InChI is InChI=1S/C7H6ClNO2/c1-5-2-3-7(9(10)11)6(8)4-5/h2-4H,1H3. The smallest absolute Gasteiger partial charge is 0.258 e. The van der Waals surface area contributed by atoms with Crippen LogP contribution in [0.2, 0.25) is 5.02 Å². The summed E-state index contributed by atoms with van der Waals surface area (Å²) in [5.74, 6) is 0. The van der Waals surface area contributed by atoms with Crippen molar-refractivity contribution in [2.45, 2.75) is 6.92 Å². The molecule has 11 heavy (non-hydrogen) atoms. The Morgan fingerprint density at radius 3 is 2.64 bits per heavy atom. The predicted octanol–water partition coefficient (Wildman–Crippen LogP) is 2.56. The molecule has 0 spiro atoms. The van der Waals surface area contributed by atoms with Gasteiger partial charge in [-0.15, -0.1) is 0 Å². The van der Waals surface area contributed by atoms with Gasteiger partial charge in [0.25, 0.3) is 5.69 Å². The fourth-order valence-corrected chi connectivity index (χ4v) is 1.06. The summed E-state index contributed by atoms with van der Waals surface area (Å²) < 4.78 is 0. The van der Waals surface area contributed by atoms with Gasteiger partial charge in [0.15, 0.2) is 0 Å². The molecular weight excluding hydrogens is 166 g/mol. The van der Waals surface area contributed by atoms with E-state index in [0.717, 1.165) is 5.56 Å². The van der Waals surface area contributed by atoms with Gasteiger partial charge in [0.1, 0.15) is 5.02 Å². The SMILES string of the molecule is Cc1ccc([N+](=O)[O-])c(Cl)c1. The molecular formula is C7H6ClNO2. The number of hydrogen-bond acceptors (Lipinski definition) is 2. The molecule has 0 N–H and O–H groups in total. The third-order valence-electron chi connectivity index (χ3n) is 1.30. The van der Waals surface area contributed by atoms with E-state index >= 15 is 0 Å². The molecule has 0 aliphatic heterocycles. The highest BCUT2D eigenvalue weighted by Gasteiger charge is 2.09. The molecule has 0 fully saturated rings. The first-order valence-electron chi connectivity index (χ1n) is 3.02. The lowest BCUT2D eigenvalue weighted by molar-refractivity contribution is -0.384. The van der Waals surface area contributed by atoms with Crippen LogP contribution in [0.1, 0.15) is 5.56 Å². The van der Waals surface area contributed by atoms with Crippen LogP contribution in [0.25, 0.3) is 0 Å². The zero-order valence-electron chi connectivity index (χ0n) is 5.87. The predicted molar refractivity (Wildman–Crippen MR) is 42.8 cm³/mol. The Hall–Kier alpha value is -1.09. The Bertz CT molecular complexity index is 298. The maximum Gasteiger partial charge on any atom is 0.287 e. The summed E-state index contributed by atoms with van der Waals surface area (Å²) in [4.78, 5) is 9.76. The van der Waals surface area contributed by atoms with Gasteiger partial charge in [-0.05, 0) is 18.6 Å². The normalized spacial score (nSPS) is 9.64. The number of halogens is 1. The molecule has 1 aromatic rings. The van der Waals surface area contributed by atoms with Gasteiger partial charge in [0.2, 0.25) is 0 Å². The first-order valence-corrected chi connectivity index (χ1v) is 3.39. The summed E-state index contributed by atoms with van der Waals surface area (Å²) in [6.45, 7) is 1.83. The molecule has 0 saturated carbocycles. The molecule has 0 aliphatic rings. The minimum Gasteiger partial charge on any atom is -0.258 e. The summed E-state index contributed by atoms with van der Waals surface area (Å²) in [6.07, 6.45) is 0. The van der Waals surface area contributed by atoms with Crippen LogP contribution in [0.3, 0.4) is 0 Å². The van der Waals surface area contributed by atoms with E-state index < -0.39 is 4.92 Å². The highest BCUT2D eigenvalue weighted by atomic mass is 35.5. The van der Waals surface area contributed by atoms with Crippen molar-refractivity contribution >= 4 is 17.3 Å². The Kier molecular flexibility index (Phi) is 2.10. The number of nitro groups is 1. The lowest BCUT2D eigenvalue weighted by atomic mass is 10.2. The van der Waals surface area contributed by atoms with E-state index in [9.17, 15) is 10.1 Å². The lowest BCUT2D eigenvalue weighted by Gasteiger charge is -1.94. The van der Waals surface area contributed by atoms with E-state index in [1.165, 1.54) is 6.07 Å². The number of nitrogens with zero attached hydrogens (tertiary/aromatic N) is 1. The third-order valence-corrected chi connectivity index (χ3v) is 1.60. The van der Waals surface area contributed by atoms with E-state index in [-0.39, 0.29) is 10.7 Å². The fraction of sp³-hybridized carbons (Fsp3) is 0.143. The van der Waals surface area contributed by atoms with Gasteiger partial charge in [0, 0.05) is 6.07 Å². The van der Waals surface area contributed by atoms with E-state index in [1.54, 1.807) is 12.1 Å². The zero-order chi connectivity index (χ0) is 8.43. The van der Waals surface area contributed by atoms with E-state index in [4.69, 9.17) is 11.6 Å². The van der Waals surface area contributed by atoms with Gasteiger partial charge in [-0.2, -0.15) is 0 Å². The van der Waals surface area contributed by atoms with Gasteiger partial charge in [0.05, 0.1) is 4.92 Å². The van der Waals surface area contributed by atoms with Crippen LogP contribution < -0.4 is 0 Å². The Balaban J connectivity index is 3.20. The second kappa shape index (κ2) is 2.88. The molecule has 0 bridgehead atoms. The lowest BCUT2D eigenvalue weighted by Crippen LogP contribution is -1.88. The number of benzene rings is 1. The molecule has 0 aliphatic carbocycles. The largest absolute Gasteiger partial charge is 0.287 e. The van der Waals surface area contributed by atoms with Crippen LogP contribution in [0.4, 0.5) is 5.69 Å². The number of hydrogen-bond donors (Lipinski definition) is 0. The van der Waals surface area contributed by atoms with Gasteiger partial charge < -0.3 is 0 Å². The van der Waals surface area contributed by atoms with Crippen molar-refractivity contribution < 1.29 is 4.92 Å². The Labute approximate surface area is 68.8 Å². The van der Waals surface area contributed by atoms with Crippen molar-refractivity contribution in [2.75, 3.05) is 0 Å². The van der Waals surface area contributed by atoms with Crippen molar-refractivity contribution in [3.8, 4) is 0 Å². The summed E-state index contributed by atoms with van der Waals surface area (Å²) in [5, 5.41) is 10.4. The zero-order valence-corrected chi connectivity index (χ0v) is 6.63. The van der Waals surface area contributed by atoms with Crippen LogP contribution in [-0.4, -0.2) is 4.92 Å². The van der Waals surface area contributed by atoms with E-state index in [1.807, 2.05) is 6.92 Å². The van der Waals surface area contributed by atoms with E-state index in [2.05, 4.69) is 0 Å². The summed E-state index contributed by atoms with van der Waals surface area (Å²) >= 11 is 5.58. The maximum absolute atomic E-state index is 10.3. The molecule has 4 heteroatoms. The van der Waals surface area contributed by atoms with Crippen LogP contribution in [0.5, 0.6) is 0 Å². The molecule has 58 valence electrons. The van der Waals surface area contributed by atoms with Gasteiger partial charge in [-0.3, -0.25) is 10.1 Å². The van der Waals surface area contributed by atoms with Crippen molar-refractivity contribution in [1.29, 1.82) is 0 Å². The first-order chi connectivity index (χ1) is 5.11. The second-order valence-electron chi connectivity index (χ2n) is 2.21. The number of rotatable bonds is 1. The minimum atomic E-state index is -0.498. The van der Waals surface area contributed by atoms with Crippen molar-refractivity contribution in [3.05, 3.63) is 38.9 Å². The topological polar surface area (TPSA) is 43.1 Å². The van der Waals surface area contributed by atoms with Crippen LogP contribution in [0, 0.1) is 17.0 Å². The van der Waals surface area contributed by atoms with Crippen LogP contribution in [-0.2, 0) is 0 Å². The Morgan fingerprint density at radius 1 is 1.55 bits per heavy atom.